The molecule has 14 heavy (non-hydrogen) atoms. The van der Waals surface area contributed by atoms with Gasteiger partial charge in [0.2, 0.25) is 0 Å². The van der Waals surface area contributed by atoms with Gasteiger partial charge in [0.15, 0.2) is 0 Å². The highest BCUT2D eigenvalue weighted by Gasteiger charge is 1.96. The molecular formula is C9H15BrN2O2. The first kappa shape index (κ1) is 13.3. The minimum Gasteiger partial charge on any atom is -0.447 e. The van der Waals surface area contributed by atoms with Crippen molar-refractivity contribution in [2.75, 3.05) is 6.61 Å². The van der Waals surface area contributed by atoms with Crippen LogP contribution >= 0.6 is 15.9 Å². The summed E-state index contributed by atoms with van der Waals surface area (Å²) < 4.78 is 4.55. The zero-order chi connectivity index (χ0) is 10.8. The molecule has 1 unspecified atom stereocenters. The zero-order valence-electron chi connectivity index (χ0n) is 8.44. The zero-order valence-corrected chi connectivity index (χ0v) is 10.0. The molecule has 0 radical (unpaired) electrons. The van der Waals surface area contributed by atoms with Gasteiger partial charge >= 0.3 is 6.09 Å². The van der Waals surface area contributed by atoms with Crippen LogP contribution in [0.25, 0.3) is 0 Å². The Morgan fingerprint density at radius 3 is 2.86 bits per heavy atom. The Morgan fingerprint density at radius 2 is 2.29 bits per heavy atom. The van der Waals surface area contributed by atoms with E-state index in [0.29, 0.717) is 6.61 Å². The lowest BCUT2D eigenvalue weighted by atomic mass is 10.2. The summed E-state index contributed by atoms with van der Waals surface area (Å²) >= 11 is 3.43. The van der Waals surface area contributed by atoms with Crippen molar-refractivity contribution >= 4 is 22.0 Å². The number of halogens is 1. The van der Waals surface area contributed by atoms with Crippen molar-refractivity contribution in [3.05, 3.63) is 12.3 Å². The van der Waals surface area contributed by atoms with E-state index in [9.17, 15) is 4.79 Å². The molecule has 0 fully saturated rings. The number of amides is 1. The van der Waals surface area contributed by atoms with Crippen molar-refractivity contribution in [1.29, 1.82) is 0 Å². The molecule has 80 valence electrons. The number of alkyl halides is 1. The average molecular weight is 263 g/mol. The topological polar surface area (TPSA) is 51.0 Å². The summed E-state index contributed by atoms with van der Waals surface area (Å²) in [5, 5.41) is 6.85. The normalized spacial score (nSPS) is 13.6. The first-order chi connectivity index (χ1) is 6.70. The predicted molar refractivity (Wildman–Crippen MR) is 58.6 cm³/mol. The lowest BCUT2D eigenvalue weighted by Crippen LogP contribution is -1.95. The number of carbonyl (C=O) groups is 1. The molecule has 0 aromatic rings. The molecule has 0 aliphatic carbocycles. The second-order valence-corrected chi connectivity index (χ2v) is 3.74. The maximum absolute atomic E-state index is 10.7. The second kappa shape index (κ2) is 8.87. The smallest absolute Gasteiger partial charge is 0.447 e. The van der Waals surface area contributed by atoms with E-state index in [1.807, 2.05) is 6.08 Å². The van der Waals surface area contributed by atoms with Crippen molar-refractivity contribution < 1.29 is 9.53 Å². The van der Waals surface area contributed by atoms with Crippen molar-refractivity contribution in [3.63, 3.8) is 0 Å². The molecule has 0 heterocycles. The van der Waals surface area contributed by atoms with Gasteiger partial charge in [-0.25, -0.2) is 4.79 Å². The molecule has 5 heteroatoms. The fourth-order valence-electron chi connectivity index (χ4n) is 0.737. The quantitative estimate of drug-likeness (QED) is 0.561. The molecule has 4 nitrogen and oxygen atoms in total. The minimum absolute atomic E-state index is 0.286. The van der Waals surface area contributed by atoms with Crippen LogP contribution < -0.4 is 0 Å². The molecule has 0 N–H and O–H groups in total. The van der Waals surface area contributed by atoms with E-state index >= 15 is 0 Å². The van der Waals surface area contributed by atoms with Gasteiger partial charge in [-0.05, 0) is 13.3 Å². The Labute approximate surface area is 92.6 Å². The average Bonchev–Trinajstić information content (AvgIpc) is 2.13. The summed E-state index contributed by atoms with van der Waals surface area (Å²) in [4.78, 5) is 11.0. The van der Waals surface area contributed by atoms with E-state index in [2.05, 4.69) is 37.8 Å². The summed E-state index contributed by atoms with van der Waals surface area (Å²) in [5.74, 6) is 0. The standard InChI is InChI=1S/C9H15BrN2O2/c1-3-5-8(10)6-7-11-12-9(13)14-4-2/h6-8H,3-5H2,1-2H3/b7-6+,12-11?. The fraction of sp³-hybridized carbons (Fsp3) is 0.667. The van der Waals surface area contributed by atoms with Crippen molar-refractivity contribution in [2.45, 2.75) is 31.5 Å². The molecule has 1 amide bonds. The van der Waals surface area contributed by atoms with Crippen LogP contribution in [-0.2, 0) is 4.74 Å². The van der Waals surface area contributed by atoms with Crippen LogP contribution in [0, 0.1) is 0 Å². The minimum atomic E-state index is -0.654. The third-order valence-corrected chi connectivity index (χ3v) is 2.10. The Balaban J connectivity index is 3.74. The van der Waals surface area contributed by atoms with Crippen LogP contribution in [-0.4, -0.2) is 17.5 Å². The molecule has 0 saturated carbocycles. The van der Waals surface area contributed by atoms with Gasteiger partial charge in [0.25, 0.3) is 0 Å². The van der Waals surface area contributed by atoms with Gasteiger partial charge in [-0.1, -0.05) is 40.5 Å². The summed E-state index contributed by atoms with van der Waals surface area (Å²) in [5.41, 5.74) is 0. The van der Waals surface area contributed by atoms with E-state index < -0.39 is 6.09 Å². The van der Waals surface area contributed by atoms with Gasteiger partial charge in [0, 0.05) is 11.0 Å². The molecule has 0 aromatic heterocycles. The number of rotatable bonds is 5. The summed E-state index contributed by atoms with van der Waals surface area (Å²) in [7, 11) is 0. The molecular weight excluding hydrogens is 248 g/mol. The SMILES string of the molecule is CCCC(Br)/C=C/N=NC(=O)OCC. The number of carbonyl (C=O) groups excluding carboxylic acids is 1. The first-order valence-electron chi connectivity index (χ1n) is 4.59. The Hall–Kier alpha value is -0.710. The van der Waals surface area contributed by atoms with Crippen molar-refractivity contribution in [2.24, 2.45) is 10.2 Å². The third kappa shape index (κ3) is 7.91. The summed E-state index contributed by atoms with van der Waals surface area (Å²) in [6.07, 6.45) is 4.80. The molecule has 1 atom stereocenters. The summed E-state index contributed by atoms with van der Waals surface area (Å²) in [6, 6.07) is 0. The van der Waals surface area contributed by atoms with Crippen molar-refractivity contribution in [1.82, 2.24) is 0 Å². The fourth-order valence-corrected chi connectivity index (χ4v) is 1.33. The van der Waals surface area contributed by atoms with Crippen LogP contribution in [0.2, 0.25) is 0 Å². The van der Waals surface area contributed by atoms with Gasteiger partial charge < -0.3 is 4.74 Å². The number of allylic oxidation sites excluding steroid dienone is 1. The number of hydrogen-bond donors (Lipinski definition) is 0. The lowest BCUT2D eigenvalue weighted by molar-refractivity contribution is 0.161. The van der Waals surface area contributed by atoms with Gasteiger partial charge in [-0.15, -0.1) is 0 Å². The highest BCUT2D eigenvalue weighted by Crippen LogP contribution is 2.08. The second-order valence-electron chi connectivity index (χ2n) is 2.56. The molecule has 0 bridgehead atoms. The van der Waals surface area contributed by atoms with E-state index in [4.69, 9.17) is 0 Å². The number of azo groups is 1. The van der Waals surface area contributed by atoms with Crippen LogP contribution in [0.5, 0.6) is 0 Å². The molecule has 0 aromatic carbocycles. The number of ether oxygens (including phenoxy) is 1. The van der Waals surface area contributed by atoms with Crippen molar-refractivity contribution in [3.8, 4) is 0 Å². The Kier molecular flexibility index (Phi) is 8.42. The Morgan fingerprint density at radius 1 is 1.57 bits per heavy atom. The van der Waals surface area contributed by atoms with E-state index in [-0.39, 0.29) is 4.83 Å². The highest BCUT2D eigenvalue weighted by atomic mass is 79.9. The van der Waals surface area contributed by atoms with E-state index in [1.165, 1.54) is 6.20 Å². The molecule has 0 rings (SSSR count). The number of hydrogen-bond acceptors (Lipinski definition) is 3. The molecule has 0 spiro atoms. The van der Waals surface area contributed by atoms with Gasteiger partial charge in [-0.2, -0.15) is 5.11 Å². The number of nitrogens with zero attached hydrogens (tertiary/aromatic N) is 2. The largest absolute Gasteiger partial charge is 0.452 e. The first-order valence-corrected chi connectivity index (χ1v) is 5.50. The van der Waals surface area contributed by atoms with E-state index in [1.54, 1.807) is 6.92 Å². The van der Waals surface area contributed by atoms with Gasteiger partial charge in [-0.3, -0.25) is 0 Å². The van der Waals surface area contributed by atoms with Crippen LogP contribution in [0.15, 0.2) is 22.5 Å². The summed E-state index contributed by atoms with van der Waals surface area (Å²) in [6.45, 7) is 4.14. The van der Waals surface area contributed by atoms with Gasteiger partial charge in [0.05, 0.1) is 6.61 Å². The van der Waals surface area contributed by atoms with Gasteiger partial charge in [0.1, 0.15) is 0 Å². The van der Waals surface area contributed by atoms with E-state index in [0.717, 1.165) is 12.8 Å². The molecule has 0 aliphatic heterocycles. The highest BCUT2D eigenvalue weighted by molar-refractivity contribution is 9.09. The Bertz CT molecular complexity index is 217. The lowest BCUT2D eigenvalue weighted by Gasteiger charge is -1.97. The predicted octanol–water partition coefficient (Wildman–Crippen LogP) is 3.67. The van der Waals surface area contributed by atoms with Crippen LogP contribution in [0.3, 0.4) is 0 Å². The monoisotopic (exact) mass is 262 g/mol. The maximum Gasteiger partial charge on any atom is 0.452 e. The maximum atomic E-state index is 10.7. The van der Waals surface area contributed by atoms with Crippen LogP contribution in [0.1, 0.15) is 26.7 Å². The molecule has 0 saturated heterocycles. The van der Waals surface area contributed by atoms with Crippen LogP contribution in [0.4, 0.5) is 4.79 Å². The third-order valence-electron chi connectivity index (χ3n) is 1.33. The molecule has 0 aliphatic rings.